The van der Waals surface area contributed by atoms with Crippen LogP contribution in [-0.4, -0.2) is 31.1 Å². The van der Waals surface area contributed by atoms with Gasteiger partial charge in [-0.25, -0.2) is 4.79 Å². The summed E-state index contributed by atoms with van der Waals surface area (Å²) in [6.07, 6.45) is 1.41. The molecule has 0 unspecified atom stereocenters. The number of amides is 3. The van der Waals surface area contributed by atoms with Crippen LogP contribution in [0, 0.1) is 12.8 Å². The lowest BCUT2D eigenvalue weighted by Gasteiger charge is -2.18. The lowest BCUT2D eigenvalue weighted by atomic mass is 10.1. The van der Waals surface area contributed by atoms with Crippen molar-refractivity contribution in [3.05, 3.63) is 53.6 Å². The Balaban J connectivity index is 1.54. The van der Waals surface area contributed by atoms with E-state index < -0.39 is 6.09 Å². The number of anilines is 3. The lowest BCUT2D eigenvalue weighted by Crippen LogP contribution is -2.25. The van der Waals surface area contributed by atoms with Gasteiger partial charge in [-0.05, 0) is 49.6 Å². The van der Waals surface area contributed by atoms with Crippen LogP contribution in [0.5, 0.6) is 0 Å². The summed E-state index contributed by atoms with van der Waals surface area (Å²) in [5.41, 5.74) is 3.07. The fourth-order valence-corrected chi connectivity index (χ4v) is 3.10. The number of nitrogens with zero attached hydrogens (tertiary/aromatic N) is 1. The quantitative estimate of drug-likeness (QED) is 0.832. The molecule has 0 aromatic heterocycles. The third-order valence-electron chi connectivity index (χ3n) is 4.91. The summed E-state index contributed by atoms with van der Waals surface area (Å²) in [6.45, 7) is 2.65. The molecule has 4 rings (SSSR count). The molecule has 28 heavy (non-hydrogen) atoms. The first kappa shape index (κ1) is 18.0. The van der Waals surface area contributed by atoms with Crippen LogP contribution in [0.3, 0.4) is 0 Å². The highest BCUT2D eigenvalue weighted by atomic mass is 16.6. The lowest BCUT2D eigenvalue weighted by molar-refractivity contribution is -0.117. The summed E-state index contributed by atoms with van der Waals surface area (Å²) in [4.78, 5) is 38.2. The van der Waals surface area contributed by atoms with E-state index in [0.717, 1.165) is 18.4 Å². The molecule has 0 atom stereocenters. The van der Waals surface area contributed by atoms with Gasteiger partial charge >= 0.3 is 6.09 Å². The highest BCUT2D eigenvalue weighted by molar-refractivity contribution is 6.08. The molecule has 144 valence electrons. The molecule has 3 amide bonds. The molecule has 2 N–H and O–H groups in total. The Morgan fingerprint density at radius 3 is 2.57 bits per heavy atom. The Morgan fingerprint density at radius 1 is 1.07 bits per heavy atom. The van der Waals surface area contributed by atoms with Crippen LogP contribution >= 0.6 is 0 Å². The normalized spacial score (nSPS) is 15.9. The Kier molecular flexibility index (Phi) is 4.73. The molecular formula is C21H21N3O4. The molecule has 1 saturated heterocycles. The predicted octanol–water partition coefficient (Wildman–Crippen LogP) is 3.55. The van der Waals surface area contributed by atoms with Crippen molar-refractivity contribution in [2.24, 2.45) is 5.92 Å². The van der Waals surface area contributed by atoms with Crippen molar-refractivity contribution in [3.8, 4) is 0 Å². The summed E-state index contributed by atoms with van der Waals surface area (Å²) in [6, 6.07) is 12.3. The van der Waals surface area contributed by atoms with Crippen molar-refractivity contribution < 1.29 is 19.1 Å². The smallest absolute Gasteiger partial charge is 0.414 e. The summed E-state index contributed by atoms with van der Waals surface area (Å²) < 4.78 is 4.99. The number of hydrogen-bond donors (Lipinski definition) is 2. The first-order valence-electron chi connectivity index (χ1n) is 9.29. The molecule has 2 aromatic carbocycles. The van der Waals surface area contributed by atoms with Gasteiger partial charge in [-0.15, -0.1) is 0 Å². The fourth-order valence-electron chi connectivity index (χ4n) is 3.10. The number of rotatable bonds is 5. The second kappa shape index (κ2) is 7.34. The number of aryl methyl sites for hydroxylation is 1. The number of ether oxygens (including phenoxy) is 1. The maximum atomic E-state index is 12.8. The van der Waals surface area contributed by atoms with Gasteiger partial charge in [0.2, 0.25) is 5.91 Å². The van der Waals surface area contributed by atoms with E-state index >= 15 is 0 Å². The van der Waals surface area contributed by atoms with Crippen molar-refractivity contribution in [1.82, 2.24) is 0 Å². The Morgan fingerprint density at radius 2 is 1.86 bits per heavy atom. The van der Waals surface area contributed by atoms with Gasteiger partial charge in [0.15, 0.2) is 0 Å². The zero-order valence-electron chi connectivity index (χ0n) is 15.5. The number of benzene rings is 2. The summed E-state index contributed by atoms with van der Waals surface area (Å²) in [5, 5.41) is 5.76. The zero-order chi connectivity index (χ0) is 19.7. The van der Waals surface area contributed by atoms with E-state index in [2.05, 4.69) is 10.6 Å². The second-order valence-corrected chi connectivity index (χ2v) is 7.03. The van der Waals surface area contributed by atoms with Crippen molar-refractivity contribution in [3.63, 3.8) is 0 Å². The van der Waals surface area contributed by atoms with Crippen LogP contribution in [0.15, 0.2) is 42.5 Å². The Hall–Kier alpha value is -3.35. The first-order valence-corrected chi connectivity index (χ1v) is 9.29. The standard InChI is InChI=1S/C21H21N3O4/c1-13-6-7-15(12-17(13)23-19(25)14-8-9-14)20(26)22-16-4-2-3-5-18(16)24-10-11-28-21(24)27/h2-7,12,14H,8-11H2,1H3,(H,22,26)(H,23,25). The van der Waals surface area contributed by atoms with E-state index in [1.807, 2.05) is 6.92 Å². The van der Waals surface area contributed by atoms with Gasteiger partial charge in [-0.3, -0.25) is 14.5 Å². The molecule has 0 spiro atoms. The van der Waals surface area contributed by atoms with E-state index in [1.165, 1.54) is 4.90 Å². The van der Waals surface area contributed by atoms with E-state index in [-0.39, 0.29) is 17.7 Å². The number of hydrogen-bond acceptors (Lipinski definition) is 4. The third kappa shape index (κ3) is 3.69. The van der Waals surface area contributed by atoms with Crippen LogP contribution in [0.2, 0.25) is 0 Å². The first-order chi connectivity index (χ1) is 13.5. The van der Waals surface area contributed by atoms with Crippen LogP contribution in [0.4, 0.5) is 21.9 Å². The number of cyclic esters (lactones) is 1. The molecule has 2 fully saturated rings. The molecule has 1 saturated carbocycles. The average molecular weight is 379 g/mol. The van der Waals surface area contributed by atoms with Gasteiger partial charge in [0, 0.05) is 17.2 Å². The maximum absolute atomic E-state index is 12.8. The highest BCUT2D eigenvalue weighted by Gasteiger charge is 2.30. The maximum Gasteiger partial charge on any atom is 0.414 e. The molecular weight excluding hydrogens is 358 g/mol. The van der Waals surface area contributed by atoms with Gasteiger partial charge in [-0.1, -0.05) is 18.2 Å². The van der Waals surface area contributed by atoms with E-state index in [4.69, 9.17) is 4.74 Å². The molecule has 0 radical (unpaired) electrons. The summed E-state index contributed by atoms with van der Waals surface area (Å²) in [7, 11) is 0. The van der Waals surface area contributed by atoms with Gasteiger partial charge in [0.1, 0.15) is 6.61 Å². The van der Waals surface area contributed by atoms with E-state index in [0.29, 0.717) is 35.8 Å². The van der Waals surface area contributed by atoms with Gasteiger partial charge in [0.05, 0.1) is 17.9 Å². The topological polar surface area (TPSA) is 87.7 Å². The van der Waals surface area contributed by atoms with Crippen LogP contribution in [-0.2, 0) is 9.53 Å². The molecule has 1 heterocycles. The van der Waals surface area contributed by atoms with E-state index in [9.17, 15) is 14.4 Å². The fraction of sp³-hybridized carbons (Fsp3) is 0.286. The molecule has 7 heteroatoms. The van der Waals surface area contributed by atoms with Crippen LogP contribution < -0.4 is 15.5 Å². The van der Waals surface area contributed by atoms with Crippen molar-refractivity contribution in [2.45, 2.75) is 19.8 Å². The number of carbonyl (C=O) groups is 3. The summed E-state index contributed by atoms with van der Waals surface area (Å²) >= 11 is 0. The van der Waals surface area contributed by atoms with Crippen LogP contribution in [0.25, 0.3) is 0 Å². The monoisotopic (exact) mass is 379 g/mol. The Labute approximate surface area is 162 Å². The van der Waals surface area contributed by atoms with Crippen molar-refractivity contribution >= 4 is 35.0 Å². The van der Waals surface area contributed by atoms with Crippen LogP contribution in [0.1, 0.15) is 28.8 Å². The van der Waals surface area contributed by atoms with Gasteiger partial charge in [-0.2, -0.15) is 0 Å². The molecule has 0 bridgehead atoms. The predicted molar refractivity (Wildman–Crippen MR) is 106 cm³/mol. The zero-order valence-corrected chi connectivity index (χ0v) is 15.5. The summed E-state index contributed by atoms with van der Waals surface area (Å²) in [5.74, 6) is -0.232. The minimum Gasteiger partial charge on any atom is -0.447 e. The Bertz CT molecular complexity index is 952. The minimum absolute atomic E-state index is 0.00134. The number of nitrogens with one attached hydrogen (secondary N) is 2. The van der Waals surface area contributed by atoms with Crippen molar-refractivity contribution in [2.75, 3.05) is 28.7 Å². The van der Waals surface area contributed by atoms with Gasteiger partial charge < -0.3 is 15.4 Å². The molecule has 1 aliphatic heterocycles. The molecule has 2 aromatic rings. The number of para-hydroxylation sites is 2. The second-order valence-electron chi connectivity index (χ2n) is 7.03. The number of carbonyl (C=O) groups excluding carboxylic acids is 3. The van der Waals surface area contributed by atoms with E-state index in [1.54, 1.807) is 42.5 Å². The minimum atomic E-state index is -0.429. The van der Waals surface area contributed by atoms with Gasteiger partial charge in [0.25, 0.3) is 5.91 Å². The van der Waals surface area contributed by atoms with Crippen molar-refractivity contribution in [1.29, 1.82) is 0 Å². The molecule has 7 nitrogen and oxygen atoms in total. The third-order valence-corrected chi connectivity index (χ3v) is 4.91. The molecule has 2 aliphatic rings. The largest absolute Gasteiger partial charge is 0.447 e. The SMILES string of the molecule is Cc1ccc(C(=O)Nc2ccccc2N2CCOC2=O)cc1NC(=O)C1CC1. The highest BCUT2D eigenvalue weighted by Crippen LogP contribution is 2.31. The molecule has 1 aliphatic carbocycles. The average Bonchev–Trinajstić information content (AvgIpc) is 3.45.